The van der Waals surface area contributed by atoms with Crippen LogP contribution in [0.15, 0.2) is 85.3 Å². The van der Waals surface area contributed by atoms with Gasteiger partial charge in [-0.05, 0) is 61.5 Å². The first-order chi connectivity index (χ1) is 22.4. The number of amides is 2. The number of carbonyl (C=O) groups excluding carboxylic acids is 3. The molecule has 12 heteroatoms. The Kier molecular flexibility index (Phi) is 7.26. The van der Waals surface area contributed by atoms with Crippen LogP contribution in [-0.4, -0.2) is 63.2 Å². The zero-order valence-electron chi connectivity index (χ0n) is 25.2. The number of ether oxygens (including phenoxy) is 3. The SMILES string of the molecule is COCCn1ncc2cc(-n3cccn3)c(C(C)Oc3cc4cc(C(=O)OC)ccc4nc3N3C(=O)c4ccccc4C3=O)cc21. The molecule has 1 aliphatic heterocycles. The van der Waals surface area contributed by atoms with Gasteiger partial charge >= 0.3 is 5.97 Å². The Balaban J connectivity index is 1.37. The van der Waals surface area contributed by atoms with Crippen LogP contribution in [-0.2, 0) is 16.0 Å². The Morgan fingerprint density at radius 1 is 0.913 bits per heavy atom. The zero-order chi connectivity index (χ0) is 31.9. The summed E-state index contributed by atoms with van der Waals surface area (Å²) in [4.78, 5) is 45.3. The molecule has 46 heavy (non-hydrogen) atoms. The first-order valence-electron chi connectivity index (χ1n) is 14.5. The van der Waals surface area contributed by atoms with Crippen LogP contribution in [0.1, 0.15) is 49.7 Å². The average molecular weight is 617 g/mol. The van der Waals surface area contributed by atoms with Crippen LogP contribution < -0.4 is 9.64 Å². The first-order valence-corrected chi connectivity index (χ1v) is 14.5. The summed E-state index contributed by atoms with van der Waals surface area (Å²) in [7, 11) is 2.95. The molecule has 1 aliphatic rings. The van der Waals surface area contributed by atoms with Crippen LogP contribution in [0, 0.1) is 0 Å². The summed E-state index contributed by atoms with van der Waals surface area (Å²) in [5.74, 6) is -1.29. The number of aromatic nitrogens is 5. The molecule has 3 aromatic heterocycles. The summed E-state index contributed by atoms with van der Waals surface area (Å²) in [6.45, 7) is 2.90. The van der Waals surface area contributed by atoms with Crippen LogP contribution in [0.4, 0.5) is 5.82 Å². The maximum absolute atomic E-state index is 13.6. The van der Waals surface area contributed by atoms with Gasteiger partial charge in [-0.25, -0.2) is 19.4 Å². The van der Waals surface area contributed by atoms with Gasteiger partial charge in [-0.2, -0.15) is 10.2 Å². The third kappa shape index (κ3) is 4.85. The molecular weight excluding hydrogens is 588 g/mol. The lowest BCUT2D eigenvalue weighted by Gasteiger charge is -2.23. The standard InChI is InChI=1S/C34H28N6O6/c1-20(26-18-28-23(19-36-39(28)13-14-44-2)16-29(26)38-12-6-11-35-38)46-30-17-22-15-21(34(43)45-3)9-10-27(22)37-31(30)40-32(41)24-7-4-5-8-25(24)33(40)42/h4-12,15-20H,13-14H2,1-3H3. The third-order valence-electron chi connectivity index (χ3n) is 7.98. The lowest BCUT2D eigenvalue weighted by Crippen LogP contribution is -2.31. The summed E-state index contributed by atoms with van der Waals surface area (Å²) < 4.78 is 20.4. The molecule has 2 amide bonds. The van der Waals surface area contributed by atoms with Crippen molar-refractivity contribution in [1.82, 2.24) is 24.5 Å². The second-order valence-corrected chi connectivity index (χ2v) is 10.7. The smallest absolute Gasteiger partial charge is 0.337 e. The van der Waals surface area contributed by atoms with Gasteiger partial charge in [0.1, 0.15) is 6.10 Å². The molecule has 3 aromatic carbocycles. The van der Waals surface area contributed by atoms with Crippen molar-refractivity contribution in [3.8, 4) is 11.4 Å². The van der Waals surface area contributed by atoms with Crippen LogP contribution in [0.25, 0.3) is 27.5 Å². The van der Waals surface area contributed by atoms with Crippen molar-refractivity contribution >= 4 is 45.4 Å². The number of fused-ring (bicyclic) bond motifs is 3. The fourth-order valence-electron chi connectivity index (χ4n) is 5.70. The van der Waals surface area contributed by atoms with Crippen molar-refractivity contribution in [2.75, 3.05) is 25.7 Å². The lowest BCUT2D eigenvalue weighted by atomic mass is 10.1. The topological polar surface area (TPSA) is 131 Å². The normalized spacial score (nSPS) is 13.4. The van der Waals surface area contributed by atoms with Gasteiger partial charge in [-0.1, -0.05) is 12.1 Å². The Morgan fingerprint density at radius 3 is 2.39 bits per heavy atom. The van der Waals surface area contributed by atoms with Gasteiger partial charge in [0, 0.05) is 35.8 Å². The third-order valence-corrected chi connectivity index (χ3v) is 7.98. The van der Waals surface area contributed by atoms with Gasteiger partial charge in [0.25, 0.3) is 11.8 Å². The largest absolute Gasteiger partial charge is 0.482 e. The summed E-state index contributed by atoms with van der Waals surface area (Å²) in [5, 5.41) is 10.5. The van der Waals surface area contributed by atoms with E-state index in [1.165, 1.54) is 7.11 Å². The highest BCUT2D eigenvalue weighted by Crippen LogP contribution is 2.39. The highest BCUT2D eigenvalue weighted by Gasteiger charge is 2.39. The molecule has 7 rings (SSSR count). The molecular formula is C34H28N6O6. The number of pyridine rings is 1. The molecule has 230 valence electrons. The van der Waals surface area contributed by atoms with Gasteiger partial charge in [0.15, 0.2) is 11.6 Å². The Labute approximate surface area is 262 Å². The predicted molar refractivity (Wildman–Crippen MR) is 168 cm³/mol. The number of hydrogen-bond donors (Lipinski definition) is 0. The molecule has 6 aromatic rings. The van der Waals surface area contributed by atoms with Crippen LogP contribution in [0.2, 0.25) is 0 Å². The van der Waals surface area contributed by atoms with E-state index in [1.54, 1.807) is 72.7 Å². The maximum Gasteiger partial charge on any atom is 0.337 e. The number of benzene rings is 3. The maximum atomic E-state index is 13.6. The fraction of sp³-hybridized carbons (Fsp3) is 0.176. The van der Waals surface area contributed by atoms with Gasteiger partial charge in [-0.15, -0.1) is 0 Å². The van der Waals surface area contributed by atoms with E-state index < -0.39 is 23.9 Å². The molecule has 0 aliphatic carbocycles. The Bertz CT molecular complexity index is 2120. The molecule has 1 unspecified atom stereocenters. The molecule has 0 saturated carbocycles. The van der Waals surface area contributed by atoms with Crippen molar-refractivity contribution in [3.63, 3.8) is 0 Å². The van der Waals surface area contributed by atoms with Gasteiger partial charge in [0.05, 0.1) is 59.9 Å². The minimum atomic E-state index is -0.633. The van der Waals surface area contributed by atoms with Crippen molar-refractivity contribution in [2.45, 2.75) is 19.6 Å². The van der Waals surface area contributed by atoms with E-state index in [-0.39, 0.29) is 22.7 Å². The summed E-state index contributed by atoms with van der Waals surface area (Å²) >= 11 is 0. The summed E-state index contributed by atoms with van der Waals surface area (Å²) in [5.41, 5.74) is 3.75. The molecule has 12 nitrogen and oxygen atoms in total. The molecule has 4 heterocycles. The fourth-order valence-corrected chi connectivity index (χ4v) is 5.70. The minimum Gasteiger partial charge on any atom is -0.482 e. The molecule has 0 bridgehead atoms. The van der Waals surface area contributed by atoms with Crippen LogP contribution in [0.3, 0.4) is 0 Å². The molecule has 0 radical (unpaired) electrons. The number of imide groups is 1. The molecule has 0 N–H and O–H groups in total. The van der Waals surface area contributed by atoms with Crippen LogP contribution >= 0.6 is 0 Å². The first kappa shape index (κ1) is 28.9. The van der Waals surface area contributed by atoms with E-state index in [2.05, 4.69) is 10.2 Å². The van der Waals surface area contributed by atoms with E-state index in [0.29, 0.717) is 29.6 Å². The second kappa shape index (κ2) is 11.6. The average Bonchev–Trinajstić information content (AvgIpc) is 3.81. The van der Waals surface area contributed by atoms with E-state index in [9.17, 15) is 14.4 Å². The molecule has 0 fully saturated rings. The predicted octanol–water partition coefficient (Wildman–Crippen LogP) is 5.14. The van der Waals surface area contributed by atoms with Crippen LogP contribution in [0.5, 0.6) is 5.75 Å². The summed E-state index contributed by atoms with van der Waals surface area (Å²) in [6.07, 6.45) is 4.68. The number of esters is 1. The zero-order valence-corrected chi connectivity index (χ0v) is 25.2. The number of carbonyl (C=O) groups is 3. The monoisotopic (exact) mass is 616 g/mol. The van der Waals surface area contributed by atoms with Crippen molar-refractivity contribution in [3.05, 3.63) is 108 Å². The quantitative estimate of drug-likeness (QED) is 0.160. The van der Waals surface area contributed by atoms with Crippen molar-refractivity contribution in [2.24, 2.45) is 0 Å². The molecule has 0 spiro atoms. The molecule has 1 atom stereocenters. The number of anilines is 1. The second-order valence-electron chi connectivity index (χ2n) is 10.7. The van der Waals surface area contributed by atoms with E-state index in [0.717, 1.165) is 27.1 Å². The van der Waals surface area contributed by atoms with E-state index >= 15 is 0 Å². The van der Waals surface area contributed by atoms with Gasteiger partial charge in [-0.3, -0.25) is 14.3 Å². The highest BCUT2D eigenvalue weighted by molar-refractivity contribution is 6.34. The van der Waals surface area contributed by atoms with Crippen molar-refractivity contribution in [1.29, 1.82) is 0 Å². The van der Waals surface area contributed by atoms with Gasteiger partial charge in [0.2, 0.25) is 0 Å². The highest BCUT2D eigenvalue weighted by atomic mass is 16.5. The van der Waals surface area contributed by atoms with E-state index in [1.807, 2.05) is 36.0 Å². The van der Waals surface area contributed by atoms with E-state index in [4.69, 9.17) is 19.2 Å². The number of nitrogens with zero attached hydrogens (tertiary/aromatic N) is 6. The minimum absolute atomic E-state index is 0.0446. The number of hydrogen-bond acceptors (Lipinski definition) is 9. The van der Waals surface area contributed by atoms with Gasteiger partial charge < -0.3 is 14.2 Å². The summed E-state index contributed by atoms with van der Waals surface area (Å²) in [6, 6.07) is 19.0. The van der Waals surface area contributed by atoms with Crippen molar-refractivity contribution < 1.29 is 28.6 Å². The molecule has 0 saturated heterocycles. The number of methoxy groups -OCH3 is 2. The number of rotatable bonds is 9. The Morgan fingerprint density at radius 2 is 1.70 bits per heavy atom. The lowest BCUT2D eigenvalue weighted by molar-refractivity contribution is 0.0600. The Hall–Kier alpha value is -5.88.